The number of rotatable bonds is 5. The third-order valence-electron chi connectivity index (χ3n) is 2.85. The van der Waals surface area contributed by atoms with Gasteiger partial charge >= 0.3 is 6.18 Å². The number of benzene rings is 1. The summed E-state index contributed by atoms with van der Waals surface area (Å²) >= 11 is 0. The molecule has 4 nitrogen and oxygen atoms in total. The average molecular weight is 297 g/mol. The molecule has 0 saturated carbocycles. The van der Waals surface area contributed by atoms with Gasteiger partial charge in [0.25, 0.3) is 0 Å². The van der Waals surface area contributed by atoms with Crippen LogP contribution >= 0.6 is 0 Å². The predicted molar refractivity (Wildman–Crippen MR) is 72.2 cm³/mol. The molecule has 0 radical (unpaired) electrons. The van der Waals surface area contributed by atoms with Gasteiger partial charge < -0.3 is 10.1 Å². The van der Waals surface area contributed by atoms with E-state index >= 15 is 0 Å². The molecule has 2 aromatic rings. The van der Waals surface area contributed by atoms with Crippen LogP contribution in [0.4, 0.5) is 19.0 Å². The number of nitrogens with zero attached hydrogens (tertiary/aromatic N) is 2. The molecule has 112 valence electrons. The van der Waals surface area contributed by atoms with Gasteiger partial charge in [-0.2, -0.15) is 13.2 Å². The number of alkyl halides is 3. The van der Waals surface area contributed by atoms with E-state index in [0.717, 1.165) is 23.7 Å². The highest BCUT2D eigenvalue weighted by atomic mass is 19.4. The summed E-state index contributed by atoms with van der Waals surface area (Å²) in [6, 6.07) is 8.37. The highest BCUT2D eigenvalue weighted by Gasteiger charge is 2.32. The quantitative estimate of drug-likeness (QED) is 0.921. The number of anilines is 1. The Hall–Kier alpha value is -2.31. The van der Waals surface area contributed by atoms with Crippen molar-refractivity contribution in [3.05, 3.63) is 47.9 Å². The maximum Gasteiger partial charge on any atom is 0.433 e. The van der Waals surface area contributed by atoms with Crippen LogP contribution in [0.25, 0.3) is 0 Å². The molecule has 21 heavy (non-hydrogen) atoms. The van der Waals surface area contributed by atoms with Crippen molar-refractivity contribution in [3.63, 3.8) is 0 Å². The van der Waals surface area contributed by atoms with Gasteiger partial charge in [-0.05, 0) is 18.1 Å². The smallest absolute Gasteiger partial charge is 0.433 e. The lowest BCUT2D eigenvalue weighted by atomic mass is 10.1. The molecule has 2 rings (SSSR count). The molecule has 1 aromatic heterocycles. The molecule has 0 saturated heterocycles. The fourth-order valence-corrected chi connectivity index (χ4v) is 1.84. The van der Waals surface area contributed by atoms with Gasteiger partial charge in [0.2, 0.25) is 0 Å². The lowest BCUT2D eigenvalue weighted by molar-refractivity contribution is -0.141. The molecule has 0 aliphatic carbocycles. The molecule has 0 fully saturated rings. The zero-order valence-electron chi connectivity index (χ0n) is 11.3. The van der Waals surface area contributed by atoms with Crippen LogP contribution in [0.2, 0.25) is 0 Å². The minimum atomic E-state index is -4.47. The van der Waals surface area contributed by atoms with Crippen molar-refractivity contribution in [2.75, 3.05) is 19.0 Å². The number of para-hydroxylation sites is 1. The van der Waals surface area contributed by atoms with Gasteiger partial charge in [0.15, 0.2) is 0 Å². The molecule has 1 aromatic carbocycles. The third kappa shape index (κ3) is 4.08. The second-order valence-corrected chi connectivity index (χ2v) is 4.27. The first kappa shape index (κ1) is 15.1. The van der Waals surface area contributed by atoms with Crippen LogP contribution in [-0.2, 0) is 12.6 Å². The van der Waals surface area contributed by atoms with Crippen LogP contribution in [-0.4, -0.2) is 23.6 Å². The standard InChI is InChI=1S/C14H14F3N3O/c1-21-11-5-3-2-4-10(11)6-7-18-13-8-12(14(15,16)17)19-9-20-13/h2-5,8-9H,6-7H2,1H3,(H,18,19,20). The summed E-state index contributed by atoms with van der Waals surface area (Å²) in [5, 5.41) is 2.85. The summed E-state index contributed by atoms with van der Waals surface area (Å²) in [4.78, 5) is 6.98. The largest absolute Gasteiger partial charge is 0.496 e. The summed E-state index contributed by atoms with van der Waals surface area (Å²) < 4.78 is 42.8. The number of hydrogen-bond acceptors (Lipinski definition) is 4. The first-order valence-corrected chi connectivity index (χ1v) is 6.25. The SMILES string of the molecule is COc1ccccc1CCNc1cc(C(F)(F)F)ncn1. The van der Waals surface area contributed by atoms with Gasteiger partial charge in [-0.1, -0.05) is 18.2 Å². The molecule has 0 aliphatic heterocycles. The Balaban J connectivity index is 1.98. The third-order valence-corrected chi connectivity index (χ3v) is 2.85. The van der Waals surface area contributed by atoms with E-state index in [-0.39, 0.29) is 5.82 Å². The normalized spacial score (nSPS) is 11.2. The van der Waals surface area contributed by atoms with Crippen LogP contribution in [0.15, 0.2) is 36.7 Å². The van der Waals surface area contributed by atoms with E-state index < -0.39 is 11.9 Å². The summed E-state index contributed by atoms with van der Waals surface area (Å²) in [6.45, 7) is 0.439. The monoisotopic (exact) mass is 297 g/mol. The van der Waals surface area contributed by atoms with Crippen molar-refractivity contribution in [1.29, 1.82) is 0 Å². The van der Waals surface area contributed by atoms with Gasteiger partial charge in [0.1, 0.15) is 23.6 Å². The van der Waals surface area contributed by atoms with Crippen molar-refractivity contribution in [2.24, 2.45) is 0 Å². The zero-order chi connectivity index (χ0) is 15.3. The fraction of sp³-hybridized carbons (Fsp3) is 0.286. The van der Waals surface area contributed by atoms with Crippen molar-refractivity contribution in [3.8, 4) is 5.75 Å². The van der Waals surface area contributed by atoms with E-state index in [1.165, 1.54) is 0 Å². The average Bonchev–Trinajstić information content (AvgIpc) is 2.47. The first-order chi connectivity index (χ1) is 10.0. The molecule has 1 N–H and O–H groups in total. The first-order valence-electron chi connectivity index (χ1n) is 6.25. The Morgan fingerprint density at radius 1 is 1.19 bits per heavy atom. The Bertz CT molecular complexity index is 602. The van der Waals surface area contributed by atoms with E-state index in [2.05, 4.69) is 15.3 Å². The molecule has 0 spiro atoms. The summed E-state index contributed by atoms with van der Waals surface area (Å²) in [5.41, 5.74) is 0.00916. The lowest BCUT2D eigenvalue weighted by Gasteiger charge is -2.10. The fourth-order valence-electron chi connectivity index (χ4n) is 1.84. The van der Waals surface area contributed by atoms with Crippen LogP contribution in [0.1, 0.15) is 11.3 Å². The number of nitrogens with one attached hydrogen (secondary N) is 1. The molecule has 7 heteroatoms. The second-order valence-electron chi connectivity index (χ2n) is 4.27. The van der Waals surface area contributed by atoms with Gasteiger partial charge in [-0.3, -0.25) is 0 Å². The summed E-state index contributed by atoms with van der Waals surface area (Å²) in [6.07, 6.45) is -2.97. The molecule has 1 heterocycles. The van der Waals surface area contributed by atoms with Gasteiger partial charge in [-0.15, -0.1) is 0 Å². The predicted octanol–water partition coefficient (Wildman–Crippen LogP) is 3.16. The van der Waals surface area contributed by atoms with Crippen LogP contribution in [0.5, 0.6) is 5.75 Å². The maximum atomic E-state index is 12.5. The minimum absolute atomic E-state index is 0.146. The Labute approximate surface area is 120 Å². The summed E-state index contributed by atoms with van der Waals surface area (Å²) in [7, 11) is 1.58. The molecular weight excluding hydrogens is 283 g/mol. The topological polar surface area (TPSA) is 47.0 Å². The van der Waals surface area contributed by atoms with E-state index in [4.69, 9.17) is 4.74 Å². The van der Waals surface area contributed by atoms with Crippen molar-refractivity contribution >= 4 is 5.82 Å². The number of aromatic nitrogens is 2. The van der Waals surface area contributed by atoms with Crippen molar-refractivity contribution in [2.45, 2.75) is 12.6 Å². The summed E-state index contributed by atoms with van der Waals surface area (Å²) in [5.74, 6) is 0.894. The minimum Gasteiger partial charge on any atom is -0.496 e. The van der Waals surface area contributed by atoms with Crippen LogP contribution in [0, 0.1) is 0 Å². The Kier molecular flexibility index (Phi) is 4.62. The molecule has 0 atom stereocenters. The Morgan fingerprint density at radius 3 is 2.67 bits per heavy atom. The van der Waals surface area contributed by atoms with Gasteiger partial charge in [0, 0.05) is 12.6 Å². The van der Waals surface area contributed by atoms with Gasteiger partial charge in [0.05, 0.1) is 7.11 Å². The molecular formula is C14H14F3N3O. The van der Waals surface area contributed by atoms with Crippen molar-refractivity contribution in [1.82, 2.24) is 9.97 Å². The van der Waals surface area contributed by atoms with E-state index in [9.17, 15) is 13.2 Å². The van der Waals surface area contributed by atoms with E-state index in [0.29, 0.717) is 13.0 Å². The van der Waals surface area contributed by atoms with Crippen LogP contribution < -0.4 is 10.1 Å². The highest BCUT2D eigenvalue weighted by molar-refractivity contribution is 5.37. The van der Waals surface area contributed by atoms with Crippen LogP contribution in [0.3, 0.4) is 0 Å². The number of halogens is 3. The number of hydrogen-bond donors (Lipinski definition) is 1. The molecule has 0 bridgehead atoms. The number of methoxy groups -OCH3 is 1. The molecule has 0 unspecified atom stereocenters. The molecule has 0 aliphatic rings. The highest BCUT2D eigenvalue weighted by Crippen LogP contribution is 2.28. The van der Waals surface area contributed by atoms with Crippen molar-refractivity contribution < 1.29 is 17.9 Å². The second kappa shape index (κ2) is 6.43. The molecule has 0 amide bonds. The lowest BCUT2D eigenvalue weighted by Crippen LogP contribution is -2.11. The van der Waals surface area contributed by atoms with E-state index in [1.807, 2.05) is 24.3 Å². The number of ether oxygens (including phenoxy) is 1. The zero-order valence-corrected chi connectivity index (χ0v) is 11.3. The van der Waals surface area contributed by atoms with Gasteiger partial charge in [-0.25, -0.2) is 9.97 Å². The maximum absolute atomic E-state index is 12.5. The van der Waals surface area contributed by atoms with E-state index in [1.54, 1.807) is 7.11 Å². The Morgan fingerprint density at radius 2 is 1.95 bits per heavy atom.